The number of rotatable bonds is 7. The standard InChI is InChI=1S/C21H21N7O/c1-23-19-18-20(28-21(22)27-19)25-12-16(26-18)11-24-15-8-5-9-17(10-15)29-13-14-6-3-2-4-7-14/h2-10,12,24H,11,13H2,1H3,(H3,22,23,25,27,28). The second-order valence-electron chi connectivity index (χ2n) is 6.37. The normalized spacial score (nSPS) is 10.7. The van der Waals surface area contributed by atoms with Gasteiger partial charge < -0.3 is 21.1 Å². The summed E-state index contributed by atoms with van der Waals surface area (Å²) in [5.74, 6) is 1.51. The van der Waals surface area contributed by atoms with Crippen molar-refractivity contribution in [2.24, 2.45) is 0 Å². The topological polar surface area (TPSA) is 111 Å². The van der Waals surface area contributed by atoms with Crippen molar-refractivity contribution < 1.29 is 4.74 Å². The van der Waals surface area contributed by atoms with Gasteiger partial charge in [0.25, 0.3) is 0 Å². The lowest BCUT2D eigenvalue weighted by molar-refractivity contribution is 0.306. The van der Waals surface area contributed by atoms with Gasteiger partial charge in [-0.3, -0.25) is 0 Å². The molecule has 4 N–H and O–H groups in total. The van der Waals surface area contributed by atoms with Gasteiger partial charge in [0.05, 0.1) is 18.4 Å². The highest BCUT2D eigenvalue weighted by Crippen LogP contribution is 2.20. The molecule has 8 heteroatoms. The molecule has 146 valence electrons. The minimum atomic E-state index is 0.161. The smallest absolute Gasteiger partial charge is 0.224 e. The van der Waals surface area contributed by atoms with Gasteiger partial charge in [-0.25, -0.2) is 9.97 Å². The molecule has 4 aromatic rings. The van der Waals surface area contributed by atoms with Gasteiger partial charge in [0.2, 0.25) is 5.95 Å². The highest BCUT2D eigenvalue weighted by Gasteiger charge is 2.09. The van der Waals surface area contributed by atoms with Crippen molar-refractivity contribution in [2.75, 3.05) is 23.4 Å². The number of hydrogen-bond acceptors (Lipinski definition) is 8. The highest BCUT2D eigenvalue weighted by molar-refractivity contribution is 5.83. The van der Waals surface area contributed by atoms with Crippen molar-refractivity contribution in [1.82, 2.24) is 19.9 Å². The third-order valence-electron chi connectivity index (χ3n) is 4.27. The number of fused-ring (bicyclic) bond motifs is 1. The van der Waals surface area contributed by atoms with Crippen LogP contribution in [0, 0.1) is 0 Å². The van der Waals surface area contributed by atoms with E-state index in [1.807, 2.05) is 54.6 Å². The average Bonchev–Trinajstić information content (AvgIpc) is 2.76. The third-order valence-corrected chi connectivity index (χ3v) is 4.27. The van der Waals surface area contributed by atoms with Crippen LogP contribution in [0.1, 0.15) is 11.3 Å². The zero-order valence-corrected chi connectivity index (χ0v) is 16.0. The Kier molecular flexibility index (Phi) is 5.33. The molecule has 0 spiro atoms. The Balaban J connectivity index is 1.44. The van der Waals surface area contributed by atoms with E-state index in [4.69, 9.17) is 10.5 Å². The fourth-order valence-corrected chi connectivity index (χ4v) is 2.85. The van der Waals surface area contributed by atoms with Crippen LogP contribution in [-0.4, -0.2) is 27.0 Å². The largest absolute Gasteiger partial charge is 0.489 e. The van der Waals surface area contributed by atoms with Crippen molar-refractivity contribution >= 4 is 28.6 Å². The first-order valence-corrected chi connectivity index (χ1v) is 9.19. The predicted molar refractivity (Wildman–Crippen MR) is 114 cm³/mol. The van der Waals surface area contributed by atoms with E-state index in [-0.39, 0.29) is 5.95 Å². The minimum Gasteiger partial charge on any atom is -0.489 e. The van der Waals surface area contributed by atoms with Gasteiger partial charge in [-0.05, 0) is 17.7 Å². The summed E-state index contributed by atoms with van der Waals surface area (Å²) in [5.41, 5.74) is 9.56. The fraction of sp³-hybridized carbons (Fsp3) is 0.143. The monoisotopic (exact) mass is 387 g/mol. The number of anilines is 3. The Hall–Kier alpha value is -3.94. The third kappa shape index (κ3) is 4.49. The van der Waals surface area contributed by atoms with Crippen molar-refractivity contribution in [3.05, 3.63) is 72.1 Å². The molecule has 0 radical (unpaired) electrons. The van der Waals surface area contributed by atoms with Gasteiger partial charge in [-0.15, -0.1) is 0 Å². The first-order chi connectivity index (χ1) is 14.2. The molecular formula is C21H21N7O. The Labute approximate surface area is 168 Å². The Morgan fingerprint density at radius 1 is 1.00 bits per heavy atom. The molecule has 0 aliphatic carbocycles. The summed E-state index contributed by atoms with van der Waals surface area (Å²) in [5, 5.41) is 6.32. The number of nitrogens with one attached hydrogen (secondary N) is 2. The Morgan fingerprint density at radius 2 is 1.86 bits per heavy atom. The van der Waals surface area contributed by atoms with E-state index in [1.54, 1.807) is 13.2 Å². The van der Waals surface area contributed by atoms with Gasteiger partial charge in [-0.2, -0.15) is 9.97 Å². The van der Waals surface area contributed by atoms with E-state index in [0.717, 1.165) is 22.7 Å². The lowest BCUT2D eigenvalue weighted by Crippen LogP contribution is -2.07. The summed E-state index contributed by atoms with van der Waals surface area (Å²) in [6, 6.07) is 17.9. The van der Waals surface area contributed by atoms with E-state index in [0.29, 0.717) is 30.1 Å². The van der Waals surface area contributed by atoms with Crippen LogP contribution in [0.5, 0.6) is 5.75 Å². The maximum Gasteiger partial charge on any atom is 0.224 e. The van der Waals surface area contributed by atoms with Gasteiger partial charge >= 0.3 is 0 Å². The predicted octanol–water partition coefficient (Wildman–Crippen LogP) is 3.23. The van der Waals surface area contributed by atoms with E-state index >= 15 is 0 Å². The van der Waals surface area contributed by atoms with Crippen LogP contribution >= 0.6 is 0 Å². The lowest BCUT2D eigenvalue weighted by atomic mass is 10.2. The summed E-state index contributed by atoms with van der Waals surface area (Å²) >= 11 is 0. The molecule has 0 bridgehead atoms. The maximum atomic E-state index is 5.88. The second-order valence-corrected chi connectivity index (χ2v) is 6.37. The van der Waals surface area contributed by atoms with Crippen molar-refractivity contribution in [1.29, 1.82) is 0 Å². The lowest BCUT2D eigenvalue weighted by Gasteiger charge is -2.10. The molecule has 2 aromatic heterocycles. The first kappa shape index (κ1) is 18.4. The molecule has 0 amide bonds. The molecule has 2 heterocycles. The number of hydrogen-bond donors (Lipinski definition) is 3. The first-order valence-electron chi connectivity index (χ1n) is 9.19. The summed E-state index contributed by atoms with van der Waals surface area (Å²) in [4.78, 5) is 17.2. The molecule has 0 saturated carbocycles. The van der Waals surface area contributed by atoms with E-state index < -0.39 is 0 Å². The molecule has 0 saturated heterocycles. The van der Waals surface area contributed by atoms with Crippen LogP contribution in [-0.2, 0) is 13.2 Å². The van der Waals surface area contributed by atoms with Crippen LogP contribution in [0.4, 0.5) is 17.5 Å². The Bertz CT molecular complexity index is 1120. The quantitative estimate of drug-likeness (QED) is 0.443. The van der Waals surface area contributed by atoms with Gasteiger partial charge in [-0.1, -0.05) is 36.4 Å². The number of aromatic nitrogens is 4. The van der Waals surface area contributed by atoms with Crippen molar-refractivity contribution in [3.63, 3.8) is 0 Å². The molecular weight excluding hydrogens is 366 g/mol. The molecule has 4 rings (SSSR count). The zero-order chi connectivity index (χ0) is 20.1. The molecule has 0 fully saturated rings. The SMILES string of the molecule is CNc1nc(N)nc2ncc(CNc3cccc(OCc4ccccc4)c3)nc12. The molecule has 0 aliphatic heterocycles. The van der Waals surface area contributed by atoms with Crippen LogP contribution in [0.2, 0.25) is 0 Å². The molecule has 2 aromatic carbocycles. The summed E-state index contributed by atoms with van der Waals surface area (Å²) < 4.78 is 5.88. The summed E-state index contributed by atoms with van der Waals surface area (Å²) in [7, 11) is 1.76. The minimum absolute atomic E-state index is 0.161. The maximum absolute atomic E-state index is 5.88. The molecule has 8 nitrogen and oxygen atoms in total. The second kappa shape index (κ2) is 8.39. The number of nitrogens with zero attached hydrogens (tertiary/aromatic N) is 4. The summed E-state index contributed by atoms with van der Waals surface area (Å²) in [6.45, 7) is 1.02. The van der Waals surface area contributed by atoms with Gasteiger partial charge in [0, 0.05) is 18.8 Å². The van der Waals surface area contributed by atoms with Gasteiger partial charge in [0.1, 0.15) is 12.4 Å². The van der Waals surface area contributed by atoms with E-state index in [2.05, 4.69) is 30.6 Å². The summed E-state index contributed by atoms with van der Waals surface area (Å²) in [6.07, 6.45) is 1.68. The number of nitrogens with two attached hydrogens (primary N) is 1. The highest BCUT2D eigenvalue weighted by atomic mass is 16.5. The zero-order valence-electron chi connectivity index (χ0n) is 16.0. The molecule has 29 heavy (non-hydrogen) atoms. The number of benzene rings is 2. The van der Waals surface area contributed by atoms with Crippen LogP contribution in [0.25, 0.3) is 11.2 Å². The average molecular weight is 387 g/mol. The van der Waals surface area contributed by atoms with E-state index in [1.165, 1.54) is 0 Å². The van der Waals surface area contributed by atoms with Crippen molar-refractivity contribution in [3.8, 4) is 5.75 Å². The molecule has 0 atom stereocenters. The fourth-order valence-electron chi connectivity index (χ4n) is 2.85. The number of ether oxygens (including phenoxy) is 1. The molecule has 0 aliphatic rings. The van der Waals surface area contributed by atoms with Crippen LogP contribution in [0.15, 0.2) is 60.8 Å². The van der Waals surface area contributed by atoms with Gasteiger partial charge in [0.15, 0.2) is 17.0 Å². The van der Waals surface area contributed by atoms with Crippen molar-refractivity contribution in [2.45, 2.75) is 13.2 Å². The Morgan fingerprint density at radius 3 is 2.69 bits per heavy atom. The molecule has 0 unspecified atom stereocenters. The van der Waals surface area contributed by atoms with Crippen LogP contribution < -0.4 is 21.1 Å². The number of nitrogen functional groups attached to an aromatic ring is 1. The van der Waals surface area contributed by atoms with E-state index in [9.17, 15) is 0 Å². The van der Waals surface area contributed by atoms with Crippen LogP contribution in [0.3, 0.4) is 0 Å².